The molecule has 0 aliphatic carbocycles. The van der Waals surface area contributed by atoms with Crippen molar-refractivity contribution in [3.8, 4) is 0 Å². The van der Waals surface area contributed by atoms with E-state index in [1.165, 1.54) is 0 Å². The Hall–Kier alpha value is -1.10. The molecule has 15 heavy (non-hydrogen) atoms. The number of hydrogen-bond acceptors (Lipinski definition) is 3. The number of nitrogens with one attached hydrogen (secondary N) is 2. The van der Waals surface area contributed by atoms with Gasteiger partial charge in [-0.05, 0) is 26.3 Å². The number of unbranched alkanes of at least 4 members (excludes halogenated alkanes) is 1. The van der Waals surface area contributed by atoms with E-state index >= 15 is 0 Å². The minimum atomic E-state index is -0.252. The number of hydrogen-bond donors (Lipinski definition) is 3. The highest BCUT2D eigenvalue weighted by atomic mass is 16.1. The van der Waals surface area contributed by atoms with Crippen LogP contribution in [0.3, 0.4) is 0 Å². The zero-order chi connectivity index (χ0) is 11.5. The smallest absolute Gasteiger partial charge is 0.221 e. The molecule has 0 aliphatic heterocycles. The first-order valence-electron chi connectivity index (χ1n) is 5.42. The highest BCUT2D eigenvalue weighted by molar-refractivity contribution is 5.75. The molecule has 0 bridgehead atoms. The molecule has 0 aromatic heterocycles. The zero-order valence-electron chi connectivity index (χ0n) is 9.34. The van der Waals surface area contributed by atoms with Gasteiger partial charge < -0.3 is 16.4 Å². The van der Waals surface area contributed by atoms with Gasteiger partial charge in [0.05, 0.1) is 0 Å². The molecule has 0 fully saturated rings. The molecule has 88 valence electrons. The summed E-state index contributed by atoms with van der Waals surface area (Å²) < 4.78 is 0. The van der Waals surface area contributed by atoms with E-state index in [2.05, 4.69) is 10.6 Å². The van der Waals surface area contributed by atoms with Crippen LogP contribution >= 0.6 is 0 Å². The Morgan fingerprint density at radius 2 is 1.87 bits per heavy atom. The van der Waals surface area contributed by atoms with Gasteiger partial charge in [-0.25, -0.2) is 0 Å². The largest absolute Gasteiger partial charge is 0.370 e. The van der Waals surface area contributed by atoms with Crippen molar-refractivity contribution in [1.82, 2.24) is 10.6 Å². The van der Waals surface area contributed by atoms with Crippen molar-refractivity contribution < 1.29 is 9.59 Å². The normalized spacial score (nSPS) is 9.93. The van der Waals surface area contributed by atoms with Gasteiger partial charge in [0.2, 0.25) is 11.8 Å². The van der Waals surface area contributed by atoms with Crippen molar-refractivity contribution in [2.75, 3.05) is 19.6 Å². The molecule has 2 amide bonds. The van der Waals surface area contributed by atoms with Gasteiger partial charge in [-0.1, -0.05) is 0 Å². The maximum Gasteiger partial charge on any atom is 0.221 e. The fraction of sp³-hybridized carbons (Fsp3) is 0.800. The zero-order valence-corrected chi connectivity index (χ0v) is 9.34. The van der Waals surface area contributed by atoms with Gasteiger partial charge in [0.25, 0.3) is 0 Å². The van der Waals surface area contributed by atoms with Gasteiger partial charge in [0.1, 0.15) is 0 Å². The molecular weight excluding hydrogens is 194 g/mol. The van der Waals surface area contributed by atoms with Crippen molar-refractivity contribution in [3.63, 3.8) is 0 Å². The molecular formula is C10H21N3O2. The summed E-state index contributed by atoms with van der Waals surface area (Å²) in [6.07, 6.45) is 2.67. The minimum absolute atomic E-state index is 0.0714. The number of rotatable bonds is 9. The number of nitrogens with two attached hydrogens (primary N) is 1. The van der Waals surface area contributed by atoms with Gasteiger partial charge in [0, 0.05) is 25.9 Å². The molecule has 0 radical (unpaired) electrons. The lowest BCUT2D eigenvalue weighted by atomic mass is 10.2. The Balaban J connectivity index is 3.11. The second-order valence-corrected chi connectivity index (χ2v) is 3.38. The van der Waals surface area contributed by atoms with Crippen LogP contribution in [0, 0.1) is 0 Å². The molecule has 0 aromatic rings. The Morgan fingerprint density at radius 3 is 2.47 bits per heavy atom. The number of carbonyl (C=O) groups is 2. The number of amides is 2. The van der Waals surface area contributed by atoms with Gasteiger partial charge in [-0.2, -0.15) is 0 Å². The van der Waals surface area contributed by atoms with Crippen LogP contribution < -0.4 is 16.4 Å². The van der Waals surface area contributed by atoms with Crippen LogP contribution in [0.25, 0.3) is 0 Å². The summed E-state index contributed by atoms with van der Waals surface area (Å²) in [6, 6.07) is 0. The van der Waals surface area contributed by atoms with E-state index < -0.39 is 0 Å². The van der Waals surface area contributed by atoms with Crippen LogP contribution in [0.4, 0.5) is 0 Å². The minimum Gasteiger partial charge on any atom is -0.370 e. The first-order valence-corrected chi connectivity index (χ1v) is 5.42. The summed E-state index contributed by atoms with van der Waals surface area (Å²) in [4.78, 5) is 21.4. The molecule has 4 N–H and O–H groups in total. The third-order valence-electron chi connectivity index (χ3n) is 1.93. The molecule has 0 saturated carbocycles. The second kappa shape index (κ2) is 9.45. The van der Waals surface area contributed by atoms with Gasteiger partial charge in [0.15, 0.2) is 0 Å². The van der Waals surface area contributed by atoms with Gasteiger partial charge in [-0.3, -0.25) is 9.59 Å². The topological polar surface area (TPSA) is 84.2 Å². The van der Waals surface area contributed by atoms with Gasteiger partial charge in [-0.15, -0.1) is 0 Å². The first kappa shape index (κ1) is 13.9. The summed E-state index contributed by atoms with van der Waals surface area (Å²) in [5.74, 6) is -0.181. The molecule has 0 heterocycles. The van der Waals surface area contributed by atoms with Crippen molar-refractivity contribution in [2.45, 2.75) is 32.6 Å². The van der Waals surface area contributed by atoms with Crippen LogP contribution in [0.15, 0.2) is 0 Å². The summed E-state index contributed by atoms with van der Waals surface area (Å²) >= 11 is 0. The van der Waals surface area contributed by atoms with Crippen LogP contribution in [0.5, 0.6) is 0 Å². The van der Waals surface area contributed by atoms with Crippen LogP contribution in [-0.2, 0) is 9.59 Å². The summed E-state index contributed by atoms with van der Waals surface area (Å²) in [7, 11) is 0. The van der Waals surface area contributed by atoms with Crippen molar-refractivity contribution in [3.05, 3.63) is 0 Å². The Morgan fingerprint density at radius 1 is 1.13 bits per heavy atom. The van der Waals surface area contributed by atoms with Crippen molar-refractivity contribution >= 4 is 11.8 Å². The molecule has 0 spiro atoms. The first-order chi connectivity index (χ1) is 7.16. The maximum absolute atomic E-state index is 11.0. The predicted octanol–water partition coefficient (Wildman–Crippen LogP) is -0.242. The Bertz CT molecular complexity index is 195. The lowest BCUT2D eigenvalue weighted by Gasteiger charge is -2.04. The van der Waals surface area contributed by atoms with Crippen molar-refractivity contribution in [2.24, 2.45) is 5.73 Å². The van der Waals surface area contributed by atoms with E-state index in [-0.39, 0.29) is 11.8 Å². The lowest BCUT2D eigenvalue weighted by Crippen LogP contribution is -2.27. The van der Waals surface area contributed by atoms with E-state index in [1.807, 2.05) is 6.92 Å². The second-order valence-electron chi connectivity index (χ2n) is 3.38. The maximum atomic E-state index is 11.0. The fourth-order valence-electron chi connectivity index (χ4n) is 1.16. The SMILES string of the molecule is CCNC(=O)CCNCCCCC(N)=O. The quantitative estimate of drug-likeness (QED) is 0.464. The summed E-state index contributed by atoms with van der Waals surface area (Å²) in [6.45, 7) is 4.09. The molecule has 0 aromatic carbocycles. The Kier molecular flexibility index (Phi) is 8.76. The molecule has 5 heteroatoms. The molecule has 0 saturated heterocycles. The average Bonchev–Trinajstić information content (AvgIpc) is 2.16. The van der Waals surface area contributed by atoms with Crippen LogP contribution in [0.2, 0.25) is 0 Å². The number of primary amides is 1. The Labute approximate surface area is 90.8 Å². The average molecular weight is 215 g/mol. The monoisotopic (exact) mass is 215 g/mol. The van der Waals surface area contributed by atoms with Crippen molar-refractivity contribution in [1.29, 1.82) is 0 Å². The summed E-state index contributed by atoms with van der Waals surface area (Å²) in [5, 5.41) is 5.86. The molecule has 0 aliphatic rings. The third-order valence-corrected chi connectivity index (χ3v) is 1.93. The highest BCUT2D eigenvalue weighted by Crippen LogP contribution is 1.92. The molecule has 0 atom stereocenters. The van der Waals surface area contributed by atoms with Crippen LogP contribution in [-0.4, -0.2) is 31.4 Å². The third kappa shape index (κ3) is 10.8. The van der Waals surface area contributed by atoms with E-state index in [1.54, 1.807) is 0 Å². The number of carbonyl (C=O) groups excluding carboxylic acids is 2. The molecule has 0 rings (SSSR count). The molecule has 5 nitrogen and oxygen atoms in total. The van der Waals surface area contributed by atoms with E-state index in [9.17, 15) is 9.59 Å². The lowest BCUT2D eigenvalue weighted by molar-refractivity contribution is -0.121. The van der Waals surface area contributed by atoms with E-state index in [4.69, 9.17) is 5.73 Å². The predicted molar refractivity (Wildman–Crippen MR) is 59.2 cm³/mol. The standard InChI is InChI=1S/C10H21N3O2/c1-2-13-10(15)6-8-12-7-4-3-5-9(11)14/h12H,2-8H2,1H3,(H2,11,14)(H,13,15). The van der Waals surface area contributed by atoms with Gasteiger partial charge >= 0.3 is 0 Å². The fourth-order valence-corrected chi connectivity index (χ4v) is 1.16. The summed E-state index contributed by atoms with van der Waals surface area (Å²) in [5.41, 5.74) is 4.99. The molecule has 0 unspecified atom stereocenters. The highest BCUT2D eigenvalue weighted by Gasteiger charge is 1.98. The van der Waals surface area contributed by atoms with E-state index in [0.717, 1.165) is 19.4 Å². The van der Waals surface area contributed by atoms with E-state index in [0.29, 0.717) is 25.9 Å². The van der Waals surface area contributed by atoms with Crippen LogP contribution in [0.1, 0.15) is 32.6 Å².